The molecule has 8 nitrogen and oxygen atoms in total. The van der Waals surface area contributed by atoms with E-state index in [0.29, 0.717) is 27.9 Å². The first-order valence-corrected chi connectivity index (χ1v) is 10.3. The van der Waals surface area contributed by atoms with Gasteiger partial charge in [0.1, 0.15) is 5.58 Å². The van der Waals surface area contributed by atoms with Crippen LogP contribution in [0.1, 0.15) is 16.1 Å². The van der Waals surface area contributed by atoms with Gasteiger partial charge in [-0.3, -0.25) is 10.1 Å². The van der Waals surface area contributed by atoms with Crippen LogP contribution in [0.5, 0.6) is 0 Å². The van der Waals surface area contributed by atoms with E-state index in [1.165, 1.54) is 18.9 Å². The smallest absolute Gasteiger partial charge is 0.411 e. The van der Waals surface area contributed by atoms with Gasteiger partial charge in [0, 0.05) is 40.5 Å². The molecule has 2 amide bonds. The normalized spacial score (nSPS) is 10.6. The summed E-state index contributed by atoms with van der Waals surface area (Å²) in [4.78, 5) is 32.7. The molecule has 0 saturated carbocycles. The van der Waals surface area contributed by atoms with Crippen LogP contribution < -0.4 is 10.6 Å². The highest BCUT2D eigenvalue weighted by molar-refractivity contribution is 7.98. The predicted octanol–water partition coefficient (Wildman–Crippen LogP) is 4.95. The lowest BCUT2D eigenvalue weighted by atomic mass is 10.1. The summed E-state index contributed by atoms with van der Waals surface area (Å²) in [6, 6.07) is 15.9. The molecule has 4 aromatic rings. The minimum absolute atomic E-state index is 0.237. The summed E-state index contributed by atoms with van der Waals surface area (Å²) in [5.74, 6) is 0.349. The summed E-state index contributed by atoms with van der Waals surface area (Å²) in [6.45, 7) is 0. The third-order valence-corrected chi connectivity index (χ3v) is 5.27. The number of hydrogen-bond donors (Lipinski definition) is 2. The molecule has 0 spiro atoms. The van der Waals surface area contributed by atoms with Crippen LogP contribution in [-0.4, -0.2) is 29.1 Å². The molecule has 0 aliphatic carbocycles. The van der Waals surface area contributed by atoms with Crippen LogP contribution in [0, 0.1) is 0 Å². The lowest BCUT2D eigenvalue weighted by molar-refractivity contribution is 0.0997. The van der Waals surface area contributed by atoms with Crippen molar-refractivity contribution in [3.05, 3.63) is 78.3 Å². The van der Waals surface area contributed by atoms with Crippen molar-refractivity contribution in [2.75, 3.05) is 17.7 Å². The van der Waals surface area contributed by atoms with Crippen LogP contribution in [0.25, 0.3) is 11.0 Å². The SMILES string of the molecule is COC(=O)Nc1ccc(NC(=O)c2oc3ccccc3c2CSc2ncccn2)cc1. The molecule has 2 N–H and O–H groups in total. The minimum atomic E-state index is -0.566. The molecule has 0 radical (unpaired) electrons. The average molecular weight is 434 g/mol. The van der Waals surface area contributed by atoms with Crippen molar-refractivity contribution in [1.82, 2.24) is 9.97 Å². The molecule has 0 saturated heterocycles. The van der Waals surface area contributed by atoms with E-state index in [0.717, 1.165) is 10.9 Å². The molecular weight excluding hydrogens is 416 g/mol. The Bertz CT molecular complexity index is 1210. The van der Waals surface area contributed by atoms with Gasteiger partial charge >= 0.3 is 6.09 Å². The van der Waals surface area contributed by atoms with Crippen molar-refractivity contribution in [2.24, 2.45) is 0 Å². The first-order chi connectivity index (χ1) is 15.1. The van der Waals surface area contributed by atoms with E-state index in [4.69, 9.17) is 4.42 Å². The number of carbonyl (C=O) groups is 2. The van der Waals surface area contributed by atoms with Gasteiger partial charge in [-0.1, -0.05) is 30.0 Å². The molecule has 31 heavy (non-hydrogen) atoms. The van der Waals surface area contributed by atoms with Crippen molar-refractivity contribution in [3.63, 3.8) is 0 Å². The molecule has 0 unspecified atom stereocenters. The van der Waals surface area contributed by atoms with Gasteiger partial charge in [-0.05, 0) is 36.4 Å². The average Bonchev–Trinajstić information content (AvgIpc) is 3.18. The first kappa shape index (κ1) is 20.4. The second kappa shape index (κ2) is 9.31. The summed E-state index contributed by atoms with van der Waals surface area (Å²) in [5, 5.41) is 6.88. The second-order valence-corrected chi connectivity index (χ2v) is 7.32. The molecular formula is C22H18N4O4S. The molecule has 0 aliphatic heterocycles. The number of furan rings is 1. The van der Waals surface area contributed by atoms with Crippen LogP contribution in [-0.2, 0) is 10.5 Å². The van der Waals surface area contributed by atoms with E-state index in [1.807, 2.05) is 24.3 Å². The number of carbonyl (C=O) groups excluding carboxylic acids is 2. The van der Waals surface area contributed by atoms with Gasteiger partial charge in [0.15, 0.2) is 10.9 Å². The molecule has 2 aromatic heterocycles. The van der Waals surface area contributed by atoms with Crippen LogP contribution in [0.2, 0.25) is 0 Å². The standard InChI is InChI=1S/C22H18N4O4S/c1-29-22(28)26-15-9-7-14(8-10-15)25-20(27)19-17(13-31-21-23-11-4-12-24-21)16-5-2-3-6-18(16)30-19/h2-12H,13H2,1H3,(H,25,27)(H,26,28). The highest BCUT2D eigenvalue weighted by Gasteiger charge is 2.21. The zero-order chi connectivity index (χ0) is 21.6. The second-order valence-electron chi connectivity index (χ2n) is 6.37. The van der Waals surface area contributed by atoms with Gasteiger partial charge in [-0.2, -0.15) is 0 Å². The predicted molar refractivity (Wildman–Crippen MR) is 118 cm³/mol. The third kappa shape index (κ3) is 4.84. The molecule has 2 heterocycles. The molecule has 0 fully saturated rings. The Morgan fingerprint density at radius 3 is 2.35 bits per heavy atom. The fourth-order valence-corrected chi connectivity index (χ4v) is 3.75. The number of nitrogens with one attached hydrogen (secondary N) is 2. The number of para-hydroxylation sites is 1. The van der Waals surface area contributed by atoms with Gasteiger partial charge < -0.3 is 14.5 Å². The molecule has 2 aromatic carbocycles. The maximum Gasteiger partial charge on any atom is 0.411 e. The van der Waals surface area contributed by atoms with E-state index < -0.39 is 6.09 Å². The van der Waals surface area contributed by atoms with E-state index in [-0.39, 0.29) is 11.7 Å². The molecule has 4 rings (SSSR count). The largest absolute Gasteiger partial charge is 0.453 e. The Kier molecular flexibility index (Phi) is 6.13. The van der Waals surface area contributed by atoms with Crippen molar-refractivity contribution < 1.29 is 18.7 Å². The van der Waals surface area contributed by atoms with E-state index >= 15 is 0 Å². The number of methoxy groups -OCH3 is 1. The zero-order valence-electron chi connectivity index (χ0n) is 16.5. The molecule has 9 heteroatoms. The number of nitrogens with zero attached hydrogens (tertiary/aromatic N) is 2. The third-order valence-electron chi connectivity index (χ3n) is 4.37. The summed E-state index contributed by atoms with van der Waals surface area (Å²) in [6.07, 6.45) is 2.79. The van der Waals surface area contributed by atoms with Gasteiger partial charge in [0.25, 0.3) is 5.91 Å². The number of amides is 2. The number of anilines is 2. The minimum Gasteiger partial charge on any atom is -0.453 e. The molecule has 0 aliphatic rings. The van der Waals surface area contributed by atoms with Crippen LogP contribution in [0.4, 0.5) is 16.2 Å². The number of benzene rings is 2. The monoisotopic (exact) mass is 434 g/mol. The molecule has 156 valence electrons. The highest BCUT2D eigenvalue weighted by atomic mass is 32.2. The molecule has 0 atom stereocenters. The van der Waals surface area contributed by atoms with Crippen LogP contribution in [0.3, 0.4) is 0 Å². The van der Waals surface area contributed by atoms with E-state index in [1.54, 1.807) is 42.7 Å². The lowest BCUT2D eigenvalue weighted by Gasteiger charge is -2.07. The summed E-state index contributed by atoms with van der Waals surface area (Å²) in [7, 11) is 1.29. The van der Waals surface area contributed by atoms with Crippen LogP contribution in [0.15, 0.2) is 76.6 Å². The van der Waals surface area contributed by atoms with Gasteiger partial charge in [0.2, 0.25) is 0 Å². The number of hydrogen-bond acceptors (Lipinski definition) is 7. The Labute approximate surface area is 182 Å². The van der Waals surface area contributed by atoms with Gasteiger partial charge in [-0.15, -0.1) is 0 Å². The Balaban J connectivity index is 1.55. The number of ether oxygens (including phenoxy) is 1. The number of thioether (sulfide) groups is 1. The Morgan fingerprint density at radius 2 is 1.65 bits per heavy atom. The molecule has 0 bridgehead atoms. The van der Waals surface area contributed by atoms with Crippen molar-refractivity contribution in [1.29, 1.82) is 0 Å². The van der Waals surface area contributed by atoms with Gasteiger partial charge in [-0.25, -0.2) is 14.8 Å². The quantitative estimate of drug-likeness (QED) is 0.327. The zero-order valence-corrected chi connectivity index (χ0v) is 17.3. The lowest BCUT2D eigenvalue weighted by Crippen LogP contribution is -2.13. The Morgan fingerprint density at radius 1 is 0.968 bits per heavy atom. The Hall–Kier alpha value is -3.85. The summed E-state index contributed by atoms with van der Waals surface area (Å²) in [5.41, 5.74) is 2.52. The van der Waals surface area contributed by atoms with E-state index in [9.17, 15) is 9.59 Å². The fourth-order valence-electron chi connectivity index (χ4n) is 2.92. The van der Waals surface area contributed by atoms with Crippen molar-refractivity contribution >= 4 is 46.1 Å². The number of fused-ring (bicyclic) bond motifs is 1. The first-order valence-electron chi connectivity index (χ1n) is 9.30. The maximum absolute atomic E-state index is 13.0. The highest BCUT2D eigenvalue weighted by Crippen LogP contribution is 2.31. The topological polar surface area (TPSA) is 106 Å². The number of aromatic nitrogens is 2. The van der Waals surface area contributed by atoms with E-state index in [2.05, 4.69) is 25.3 Å². The maximum atomic E-state index is 13.0. The summed E-state index contributed by atoms with van der Waals surface area (Å²) < 4.78 is 10.4. The number of rotatable bonds is 6. The van der Waals surface area contributed by atoms with Crippen molar-refractivity contribution in [3.8, 4) is 0 Å². The summed E-state index contributed by atoms with van der Waals surface area (Å²) >= 11 is 1.43. The van der Waals surface area contributed by atoms with Gasteiger partial charge in [0.05, 0.1) is 7.11 Å². The fraction of sp³-hybridized carbons (Fsp3) is 0.0909. The van der Waals surface area contributed by atoms with Crippen LogP contribution >= 0.6 is 11.8 Å². The van der Waals surface area contributed by atoms with Crippen molar-refractivity contribution in [2.45, 2.75) is 10.9 Å².